The molecule has 2 aromatic rings. The van der Waals surface area contributed by atoms with Gasteiger partial charge in [-0.25, -0.2) is 0 Å². The highest BCUT2D eigenvalue weighted by Crippen LogP contribution is 2.20. The van der Waals surface area contributed by atoms with Crippen LogP contribution in [0, 0.1) is 0 Å². The molecule has 0 radical (unpaired) electrons. The highest BCUT2D eigenvalue weighted by molar-refractivity contribution is 9.10. The molecule has 0 aliphatic rings. The van der Waals surface area contributed by atoms with Gasteiger partial charge in [0, 0.05) is 17.9 Å². The molecule has 5 nitrogen and oxygen atoms in total. The van der Waals surface area contributed by atoms with E-state index in [0.29, 0.717) is 5.56 Å². The molecule has 2 rings (SSSR count). The lowest BCUT2D eigenvalue weighted by molar-refractivity contribution is -0.176. The normalized spacial score (nSPS) is 12.3. The monoisotopic (exact) mass is 486 g/mol. The molecule has 2 amide bonds. The average molecular weight is 487 g/mol. The van der Waals surface area contributed by atoms with E-state index >= 15 is 0 Å². The second-order valence-corrected chi connectivity index (χ2v) is 7.63. The first-order chi connectivity index (χ1) is 14.1. The lowest BCUT2D eigenvalue weighted by atomic mass is 10.0. The van der Waals surface area contributed by atoms with Gasteiger partial charge in [0.1, 0.15) is 6.61 Å². The molecule has 2 aromatic carbocycles. The number of carbonyl (C=O) groups is 2. The molecule has 0 bridgehead atoms. The molecule has 1 atom stereocenters. The van der Waals surface area contributed by atoms with E-state index in [1.165, 1.54) is 6.92 Å². The number of rotatable bonds is 9. The molecule has 0 fully saturated rings. The summed E-state index contributed by atoms with van der Waals surface area (Å²) in [5, 5.41) is 5.56. The van der Waals surface area contributed by atoms with E-state index in [-0.39, 0.29) is 31.4 Å². The summed E-state index contributed by atoms with van der Waals surface area (Å²) in [7, 11) is 0. The highest BCUT2D eigenvalue weighted by Gasteiger charge is 2.27. The Hall–Kier alpha value is -2.39. The molecule has 1 unspecified atom stereocenters. The van der Waals surface area contributed by atoms with Crippen molar-refractivity contribution in [1.82, 2.24) is 10.6 Å². The summed E-state index contributed by atoms with van der Waals surface area (Å²) in [5.41, 5.74) is 2.21. The molecule has 162 valence electrons. The number of nitrogens with one attached hydrogen (secondary N) is 2. The van der Waals surface area contributed by atoms with E-state index in [9.17, 15) is 22.8 Å². The number of benzene rings is 2. The van der Waals surface area contributed by atoms with Crippen molar-refractivity contribution in [2.24, 2.45) is 0 Å². The van der Waals surface area contributed by atoms with E-state index in [0.717, 1.165) is 15.6 Å². The maximum Gasteiger partial charge on any atom is 0.411 e. The predicted octanol–water partition coefficient (Wildman–Crippen LogP) is 4.41. The van der Waals surface area contributed by atoms with Crippen molar-refractivity contribution in [2.75, 3.05) is 6.61 Å². The second kappa shape index (κ2) is 11.1. The van der Waals surface area contributed by atoms with Gasteiger partial charge in [-0.2, -0.15) is 13.2 Å². The third kappa shape index (κ3) is 8.96. The van der Waals surface area contributed by atoms with Gasteiger partial charge in [0.15, 0.2) is 0 Å². The van der Waals surface area contributed by atoms with Crippen LogP contribution in [0.4, 0.5) is 13.2 Å². The summed E-state index contributed by atoms with van der Waals surface area (Å²) in [5.74, 6) is -0.478. The van der Waals surface area contributed by atoms with Crippen molar-refractivity contribution in [3.05, 3.63) is 69.7 Å². The minimum atomic E-state index is -4.35. The van der Waals surface area contributed by atoms with E-state index < -0.39 is 18.8 Å². The van der Waals surface area contributed by atoms with Crippen molar-refractivity contribution in [1.29, 1.82) is 0 Å². The van der Waals surface area contributed by atoms with Crippen LogP contribution in [0.15, 0.2) is 53.0 Å². The Kier molecular flexibility index (Phi) is 8.86. The topological polar surface area (TPSA) is 67.4 Å². The standard InChI is InChI=1S/C21H22BrF3N2O3/c1-14(28)27-19(17-6-8-18(22)9-7-17)10-20(29)26-11-15-2-4-16(5-3-15)12-30-13-21(23,24)25/h2-9,19H,10-13H2,1H3,(H,26,29)(H,27,28). The predicted molar refractivity (Wildman–Crippen MR) is 109 cm³/mol. The molecular formula is C21H22BrF3N2O3. The van der Waals surface area contributed by atoms with Crippen LogP contribution in [0.25, 0.3) is 0 Å². The van der Waals surface area contributed by atoms with Gasteiger partial charge in [-0.15, -0.1) is 0 Å². The van der Waals surface area contributed by atoms with Crippen LogP contribution in [0.1, 0.15) is 36.1 Å². The minimum absolute atomic E-state index is 0.0740. The number of ether oxygens (including phenoxy) is 1. The molecule has 0 aliphatic carbocycles. The molecule has 0 spiro atoms. The number of alkyl halides is 3. The van der Waals surface area contributed by atoms with Gasteiger partial charge in [0.2, 0.25) is 11.8 Å². The maximum absolute atomic E-state index is 12.4. The highest BCUT2D eigenvalue weighted by atomic mass is 79.9. The van der Waals surface area contributed by atoms with Crippen molar-refractivity contribution in [2.45, 2.75) is 38.7 Å². The first kappa shape index (κ1) is 23.9. The first-order valence-electron chi connectivity index (χ1n) is 9.14. The molecular weight excluding hydrogens is 465 g/mol. The minimum Gasteiger partial charge on any atom is -0.367 e. The molecule has 0 saturated carbocycles. The number of hydrogen-bond donors (Lipinski definition) is 2. The lowest BCUT2D eigenvalue weighted by Gasteiger charge is -2.18. The zero-order valence-corrected chi connectivity index (χ0v) is 17.8. The van der Waals surface area contributed by atoms with Crippen LogP contribution < -0.4 is 10.6 Å². The zero-order chi connectivity index (χ0) is 22.1. The molecule has 0 saturated heterocycles. The summed E-state index contributed by atoms with van der Waals surface area (Å²) in [6.45, 7) is 0.218. The molecule has 30 heavy (non-hydrogen) atoms. The summed E-state index contributed by atoms with van der Waals surface area (Å²) in [6, 6.07) is 13.6. The zero-order valence-electron chi connectivity index (χ0n) is 16.3. The fraction of sp³-hybridized carbons (Fsp3) is 0.333. The summed E-state index contributed by atoms with van der Waals surface area (Å²) < 4.78 is 41.8. The van der Waals surface area contributed by atoms with Gasteiger partial charge >= 0.3 is 6.18 Å². The Bertz CT molecular complexity index is 840. The van der Waals surface area contributed by atoms with Gasteiger partial charge < -0.3 is 15.4 Å². The van der Waals surface area contributed by atoms with E-state index in [4.69, 9.17) is 0 Å². The summed E-state index contributed by atoms with van der Waals surface area (Å²) in [4.78, 5) is 23.8. The van der Waals surface area contributed by atoms with Crippen LogP contribution >= 0.6 is 15.9 Å². The van der Waals surface area contributed by atoms with Crippen LogP contribution in [-0.2, 0) is 27.5 Å². The molecule has 2 N–H and O–H groups in total. The van der Waals surface area contributed by atoms with E-state index in [2.05, 4.69) is 31.3 Å². The average Bonchev–Trinajstić information content (AvgIpc) is 2.66. The SMILES string of the molecule is CC(=O)NC(CC(=O)NCc1ccc(COCC(F)(F)F)cc1)c1ccc(Br)cc1. The quantitative estimate of drug-likeness (QED) is 0.551. The third-order valence-corrected chi connectivity index (χ3v) is 4.62. The Morgan fingerprint density at radius 3 is 2.20 bits per heavy atom. The Labute approximate surface area is 181 Å². The lowest BCUT2D eigenvalue weighted by Crippen LogP contribution is -2.32. The van der Waals surface area contributed by atoms with Gasteiger partial charge in [-0.05, 0) is 28.8 Å². The van der Waals surface area contributed by atoms with Crippen molar-refractivity contribution in [3.63, 3.8) is 0 Å². The summed E-state index contributed by atoms with van der Waals surface area (Å²) >= 11 is 3.35. The number of hydrogen-bond acceptors (Lipinski definition) is 3. The smallest absolute Gasteiger partial charge is 0.367 e. The van der Waals surface area contributed by atoms with E-state index in [1.54, 1.807) is 24.3 Å². The molecule has 9 heteroatoms. The van der Waals surface area contributed by atoms with Crippen molar-refractivity contribution in [3.8, 4) is 0 Å². The number of amides is 2. The molecule has 0 heterocycles. The second-order valence-electron chi connectivity index (χ2n) is 6.71. The first-order valence-corrected chi connectivity index (χ1v) is 9.93. The fourth-order valence-electron chi connectivity index (χ4n) is 2.69. The fourth-order valence-corrected chi connectivity index (χ4v) is 2.95. The number of carbonyl (C=O) groups excluding carboxylic acids is 2. The third-order valence-electron chi connectivity index (χ3n) is 4.09. The van der Waals surface area contributed by atoms with Crippen LogP contribution in [0.3, 0.4) is 0 Å². The number of halogens is 4. The van der Waals surface area contributed by atoms with Crippen LogP contribution in [0.5, 0.6) is 0 Å². The Morgan fingerprint density at radius 2 is 1.63 bits per heavy atom. The summed E-state index contributed by atoms with van der Waals surface area (Å²) in [6.07, 6.45) is -4.28. The Morgan fingerprint density at radius 1 is 1.03 bits per heavy atom. The van der Waals surface area contributed by atoms with Gasteiger partial charge in [-0.1, -0.05) is 52.3 Å². The van der Waals surface area contributed by atoms with Crippen molar-refractivity contribution < 1.29 is 27.5 Å². The van der Waals surface area contributed by atoms with E-state index in [1.807, 2.05) is 24.3 Å². The Balaban J connectivity index is 1.86. The largest absolute Gasteiger partial charge is 0.411 e. The van der Waals surface area contributed by atoms with Crippen LogP contribution in [0.2, 0.25) is 0 Å². The maximum atomic E-state index is 12.4. The van der Waals surface area contributed by atoms with Gasteiger partial charge in [0.05, 0.1) is 19.1 Å². The molecule has 0 aromatic heterocycles. The molecule has 0 aliphatic heterocycles. The van der Waals surface area contributed by atoms with Crippen LogP contribution in [-0.4, -0.2) is 24.6 Å². The van der Waals surface area contributed by atoms with Crippen molar-refractivity contribution >= 4 is 27.7 Å². The van der Waals surface area contributed by atoms with Gasteiger partial charge in [-0.3, -0.25) is 9.59 Å². The van der Waals surface area contributed by atoms with Gasteiger partial charge in [0.25, 0.3) is 0 Å².